The number of nitrogens with one attached hydrogen (secondary N) is 1. The fraction of sp³-hybridized carbons (Fsp3) is 0.250. The number of ether oxygens (including phenoxy) is 1. The van der Waals surface area contributed by atoms with Gasteiger partial charge in [0.25, 0.3) is 0 Å². The molecule has 0 radical (unpaired) electrons. The van der Waals surface area contributed by atoms with Crippen molar-refractivity contribution in [2.45, 2.75) is 18.9 Å². The van der Waals surface area contributed by atoms with Gasteiger partial charge in [0.2, 0.25) is 0 Å². The monoisotopic (exact) mass is 280 g/mol. The first-order valence-electron chi connectivity index (χ1n) is 6.78. The van der Waals surface area contributed by atoms with Gasteiger partial charge in [-0.05, 0) is 12.0 Å². The number of pyridine rings is 1. The second-order valence-corrected chi connectivity index (χ2v) is 5.02. The molecular weight excluding hydrogens is 264 g/mol. The van der Waals surface area contributed by atoms with Crippen molar-refractivity contribution in [3.05, 3.63) is 47.5 Å². The maximum absolute atomic E-state index is 9.20. The van der Waals surface area contributed by atoms with Crippen molar-refractivity contribution in [2.24, 2.45) is 0 Å². The molecule has 1 atom stereocenters. The highest BCUT2D eigenvalue weighted by molar-refractivity contribution is 5.92. The Labute approximate surface area is 122 Å². The summed E-state index contributed by atoms with van der Waals surface area (Å²) in [6.45, 7) is 0. The van der Waals surface area contributed by atoms with Gasteiger partial charge in [-0.2, -0.15) is 5.26 Å². The Bertz CT molecular complexity index is 779. The topological polar surface area (TPSA) is 87.7 Å². The molecule has 2 heterocycles. The molecule has 0 saturated heterocycles. The number of nitriles is 1. The Balaban J connectivity index is 2.06. The summed E-state index contributed by atoms with van der Waals surface area (Å²) in [5, 5.41) is 11.0. The lowest BCUT2D eigenvalue weighted by atomic mass is 9.95. The molecule has 0 bridgehead atoms. The molecule has 0 saturated carbocycles. The molecule has 5 nitrogen and oxygen atoms in total. The fourth-order valence-electron chi connectivity index (χ4n) is 2.73. The van der Waals surface area contributed by atoms with Crippen LogP contribution in [0.4, 0.5) is 5.82 Å². The van der Waals surface area contributed by atoms with E-state index in [2.05, 4.69) is 28.2 Å². The van der Waals surface area contributed by atoms with Gasteiger partial charge in [0.1, 0.15) is 17.5 Å². The number of nitrogen functional groups attached to an aromatic ring is 1. The van der Waals surface area contributed by atoms with Crippen LogP contribution in [0.5, 0.6) is 0 Å². The SMILES string of the molecule is COC1CC=CC=C1Cc1nc(N)c(C#N)c2c[nH]cc12. The third kappa shape index (κ3) is 2.30. The summed E-state index contributed by atoms with van der Waals surface area (Å²) in [4.78, 5) is 7.45. The molecule has 106 valence electrons. The smallest absolute Gasteiger partial charge is 0.142 e. The molecule has 0 aliphatic heterocycles. The van der Waals surface area contributed by atoms with E-state index in [-0.39, 0.29) is 11.9 Å². The Kier molecular flexibility index (Phi) is 3.46. The lowest BCUT2D eigenvalue weighted by Crippen LogP contribution is -2.17. The lowest BCUT2D eigenvalue weighted by Gasteiger charge is -2.20. The van der Waals surface area contributed by atoms with E-state index in [1.54, 1.807) is 13.3 Å². The summed E-state index contributed by atoms with van der Waals surface area (Å²) in [6, 6.07) is 2.12. The van der Waals surface area contributed by atoms with Crippen LogP contribution in [0.2, 0.25) is 0 Å². The van der Waals surface area contributed by atoms with Crippen LogP contribution in [0.3, 0.4) is 0 Å². The first kappa shape index (κ1) is 13.4. The average molecular weight is 280 g/mol. The minimum atomic E-state index is 0.0719. The molecule has 1 unspecified atom stereocenters. The van der Waals surface area contributed by atoms with Gasteiger partial charge in [0.05, 0.1) is 11.8 Å². The van der Waals surface area contributed by atoms with Crippen molar-refractivity contribution in [2.75, 3.05) is 12.8 Å². The largest absolute Gasteiger partial charge is 0.383 e. The zero-order valence-corrected chi connectivity index (χ0v) is 11.8. The van der Waals surface area contributed by atoms with Crippen molar-refractivity contribution in [3.63, 3.8) is 0 Å². The van der Waals surface area contributed by atoms with Crippen LogP contribution < -0.4 is 5.73 Å². The fourth-order valence-corrected chi connectivity index (χ4v) is 2.73. The first-order chi connectivity index (χ1) is 10.2. The van der Waals surface area contributed by atoms with E-state index in [4.69, 9.17) is 10.5 Å². The molecule has 1 aliphatic rings. The number of allylic oxidation sites excluding steroid dienone is 2. The summed E-state index contributed by atoms with van der Waals surface area (Å²) in [7, 11) is 1.71. The third-order valence-electron chi connectivity index (χ3n) is 3.82. The van der Waals surface area contributed by atoms with Crippen molar-refractivity contribution < 1.29 is 4.74 Å². The summed E-state index contributed by atoms with van der Waals surface area (Å²) in [5.41, 5.74) is 8.38. The Hall–Kier alpha value is -2.58. The van der Waals surface area contributed by atoms with Gasteiger partial charge >= 0.3 is 0 Å². The van der Waals surface area contributed by atoms with Gasteiger partial charge in [0.15, 0.2) is 0 Å². The van der Waals surface area contributed by atoms with E-state index in [1.165, 1.54) is 5.57 Å². The number of aromatic amines is 1. The highest BCUT2D eigenvalue weighted by Crippen LogP contribution is 2.28. The van der Waals surface area contributed by atoms with Crippen LogP contribution in [0, 0.1) is 11.3 Å². The molecule has 1 aliphatic carbocycles. The maximum Gasteiger partial charge on any atom is 0.142 e. The number of hydrogen-bond donors (Lipinski definition) is 2. The molecule has 2 aromatic rings. The van der Waals surface area contributed by atoms with E-state index >= 15 is 0 Å². The number of anilines is 1. The van der Waals surface area contributed by atoms with Crippen molar-refractivity contribution in [1.82, 2.24) is 9.97 Å². The standard InChI is InChI=1S/C16H16N4O/c1-21-15-5-3-2-4-10(15)6-14-13-9-19-8-12(13)11(7-17)16(18)20-14/h2-4,8-9,15,19H,5-6,18H2,1H3. The van der Waals surface area contributed by atoms with Crippen LogP contribution >= 0.6 is 0 Å². The first-order valence-corrected chi connectivity index (χ1v) is 6.78. The van der Waals surface area contributed by atoms with E-state index in [0.29, 0.717) is 12.0 Å². The number of rotatable bonds is 3. The molecule has 2 aromatic heterocycles. The molecule has 0 aromatic carbocycles. The molecule has 0 amide bonds. The summed E-state index contributed by atoms with van der Waals surface area (Å²) < 4.78 is 5.51. The summed E-state index contributed by atoms with van der Waals surface area (Å²) in [6.07, 6.45) is 11.4. The van der Waals surface area contributed by atoms with Crippen LogP contribution in [-0.4, -0.2) is 23.2 Å². The summed E-state index contributed by atoms with van der Waals surface area (Å²) in [5.74, 6) is 0.278. The second kappa shape index (κ2) is 5.43. The van der Waals surface area contributed by atoms with Crippen LogP contribution in [0.1, 0.15) is 17.7 Å². The van der Waals surface area contributed by atoms with Gasteiger partial charge in [-0.1, -0.05) is 18.2 Å². The van der Waals surface area contributed by atoms with Gasteiger partial charge in [-0.25, -0.2) is 4.98 Å². The molecule has 0 spiro atoms. The van der Waals surface area contributed by atoms with Crippen LogP contribution in [0.25, 0.3) is 10.8 Å². The maximum atomic E-state index is 9.20. The summed E-state index contributed by atoms with van der Waals surface area (Å²) >= 11 is 0. The highest BCUT2D eigenvalue weighted by Gasteiger charge is 2.19. The van der Waals surface area contributed by atoms with Crippen molar-refractivity contribution >= 4 is 16.6 Å². The minimum absolute atomic E-state index is 0.0719. The Morgan fingerprint density at radius 2 is 2.29 bits per heavy atom. The minimum Gasteiger partial charge on any atom is -0.383 e. The van der Waals surface area contributed by atoms with Crippen molar-refractivity contribution in [3.8, 4) is 6.07 Å². The van der Waals surface area contributed by atoms with Crippen molar-refractivity contribution in [1.29, 1.82) is 5.26 Å². The lowest BCUT2D eigenvalue weighted by molar-refractivity contribution is 0.131. The zero-order valence-electron chi connectivity index (χ0n) is 11.8. The normalized spacial score (nSPS) is 17.7. The average Bonchev–Trinajstić information content (AvgIpc) is 2.97. The zero-order chi connectivity index (χ0) is 14.8. The van der Waals surface area contributed by atoms with Crippen LogP contribution in [-0.2, 0) is 11.2 Å². The number of fused-ring (bicyclic) bond motifs is 1. The number of nitrogens with two attached hydrogens (primary N) is 1. The van der Waals surface area contributed by atoms with E-state index in [9.17, 15) is 5.26 Å². The third-order valence-corrected chi connectivity index (χ3v) is 3.82. The van der Waals surface area contributed by atoms with Crippen LogP contribution in [0.15, 0.2) is 36.2 Å². The van der Waals surface area contributed by atoms with Gasteiger partial charge in [0, 0.05) is 36.7 Å². The second-order valence-electron chi connectivity index (χ2n) is 5.02. The number of aromatic nitrogens is 2. The molecule has 21 heavy (non-hydrogen) atoms. The molecule has 0 fully saturated rings. The molecule has 3 N–H and O–H groups in total. The Morgan fingerprint density at radius 3 is 3.05 bits per heavy atom. The quantitative estimate of drug-likeness (QED) is 0.904. The number of H-pyrrole nitrogens is 1. The van der Waals surface area contributed by atoms with Gasteiger partial charge < -0.3 is 15.5 Å². The number of hydrogen-bond acceptors (Lipinski definition) is 4. The van der Waals surface area contributed by atoms with E-state index < -0.39 is 0 Å². The molecule has 5 heteroatoms. The predicted molar refractivity (Wildman–Crippen MR) is 81.6 cm³/mol. The highest BCUT2D eigenvalue weighted by atomic mass is 16.5. The predicted octanol–water partition coefficient (Wildman–Crippen LogP) is 2.46. The molecule has 3 rings (SSSR count). The number of nitrogens with zero attached hydrogens (tertiary/aromatic N) is 2. The van der Waals surface area contributed by atoms with Gasteiger partial charge in [-0.3, -0.25) is 0 Å². The molecular formula is C16H16N4O. The van der Waals surface area contributed by atoms with Gasteiger partial charge in [-0.15, -0.1) is 0 Å². The Morgan fingerprint density at radius 1 is 1.48 bits per heavy atom. The number of methoxy groups -OCH3 is 1. The van der Waals surface area contributed by atoms with E-state index in [0.717, 1.165) is 22.9 Å². The van der Waals surface area contributed by atoms with E-state index in [1.807, 2.05) is 12.3 Å².